The molecular formula is C12H10N2O4S. The van der Waals surface area contributed by atoms with Gasteiger partial charge in [0.05, 0.1) is 17.2 Å². The topological polar surface area (TPSA) is 82.3 Å². The lowest BCUT2D eigenvalue weighted by Crippen LogP contribution is -2.03. The maximum Gasteiger partial charge on any atom is 0.367 e. The molecule has 1 aromatic carbocycles. The van der Waals surface area contributed by atoms with Gasteiger partial charge >= 0.3 is 5.97 Å². The summed E-state index contributed by atoms with van der Waals surface area (Å²) in [6.07, 6.45) is 0. The Balaban J connectivity index is 2.30. The van der Waals surface area contributed by atoms with Gasteiger partial charge in [-0.3, -0.25) is 10.1 Å². The van der Waals surface area contributed by atoms with Crippen LogP contribution in [0.4, 0.5) is 5.69 Å². The lowest BCUT2D eigenvalue weighted by Gasteiger charge is -1.97. The van der Waals surface area contributed by atoms with Crippen molar-refractivity contribution in [2.24, 2.45) is 0 Å². The number of nitrogens with zero attached hydrogens (tertiary/aromatic N) is 2. The number of ether oxygens (including phenoxy) is 1. The SMILES string of the molecule is CCOC(=O)c1nc(-c2cccc([N+](=O)[O-])c2)cs1. The van der Waals surface area contributed by atoms with Gasteiger partial charge in [-0.25, -0.2) is 9.78 Å². The summed E-state index contributed by atoms with van der Waals surface area (Å²) in [5, 5.41) is 12.6. The van der Waals surface area contributed by atoms with Crippen LogP contribution in [0.3, 0.4) is 0 Å². The number of hydrogen-bond donors (Lipinski definition) is 0. The molecule has 0 saturated heterocycles. The van der Waals surface area contributed by atoms with Crippen LogP contribution in [-0.2, 0) is 4.74 Å². The highest BCUT2D eigenvalue weighted by Gasteiger charge is 2.14. The van der Waals surface area contributed by atoms with Crippen molar-refractivity contribution in [3.8, 4) is 11.3 Å². The van der Waals surface area contributed by atoms with Gasteiger partial charge in [-0.05, 0) is 6.92 Å². The molecule has 7 heteroatoms. The first-order chi connectivity index (χ1) is 9.11. The Kier molecular flexibility index (Phi) is 3.86. The summed E-state index contributed by atoms with van der Waals surface area (Å²) in [7, 11) is 0. The van der Waals surface area contributed by atoms with Crippen molar-refractivity contribution in [2.75, 3.05) is 6.61 Å². The summed E-state index contributed by atoms with van der Waals surface area (Å²) >= 11 is 1.15. The quantitative estimate of drug-likeness (QED) is 0.488. The zero-order valence-electron chi connectivity index (χ0n) is 10.0. The first kappa shape index (κ1) is 13.2. The lowest BCUT2D eigenvalue weighted by molar-refractivity contribution is -0.384. The molecule has 2 rings (SSSR count). The molecule has 0 N–H and O–H groups in total. The molecule has 19 heavy (non-hydrogen) atoms. The van der Waals surface area contributed by atoms with E-state index in [2.05, 4.69) is 4.98 Å². The lowest BCUT2D eigenvalue weighted by atomic mass is 10.1. The number of carbonyl (C=O) groups is 1. The Labute approximate surface area is 112 Å². The normalized spacial score (nSPS) is 10.2. The predicted octanol–water partition coefficient (Wildman–Crippen LogP) is 2.90. The molecule has 0 bridgehead atoms. The number of aromatic nitrogens is 1. The average Bonchev–Trinajstić information content (AvgIpc) is 2.89. The third-order valence-corrected chi connectivity index (χ3v) is 3.13. The molecule has 0 radical (unpaired) electrons. The van der Waals surface area contributed by atoms with E-state index in [0.717, 1.165) is 11.3 Å². The van der Waals surface area contributed by atoms with E-state index in [9.17, 15) is 14.9 Å². The smallest absolute Gasteiger partial charge is 0.367 e. The van der Waals surface area contributed by atoms with Gasteiger partial charge in [0.15, 0.2) is 0 Å². The minimum atomic E-state index is -0.482. The molecule has 0 spiro atoms. The number of non-ortho nitro benzene ring substituents is 1. The molecule has 1 aromatic heterocycles. The summed E-state index contributed by atoms with van der Waals surface area (Å²) in [4.78, 5) is 25.8. The van der Waals surface area contributed by atoms with Crippen molar-refractivity contribution in [1.29, 1.82) is 0 Å². The second kappa shape index (κ2) is 5.57. The Morgan fingerprint density at radius 1 is 1.53 bits per heavy atom. The van der Waals surface area contributed by atoms with E-state index in [1.165, 1.54) is 12.1 Å². The van der Waals surface area contributed by atoms with Gasteiger partial charge in [-0.1, -0.05) is 12.1 Å². The van der Waals surface area contributed by atoms with Crippen molar-refractivity contribution in [3.05, 3.63) is 44.8 Å². The fourth-order valence-corrected chi connectivity index (χ4v) is 2.19. The number of rotatable bonds is 4. The van der Waals surface area contributed by atoms with Crippen molar-refractivity contribution in [1.82, 2.24) is 4.98 Å². The minimum absolute atomic E-state index is 0.0109. The number of thiazole rings is 1. The summed E-state index contributed by atoms with van der Waals surface area (Å²) in [5.41, 5.74) is 1.11. The number of nitro groups is 1. The number of hydrogen-bond acceptors (Lipinski definition) is 6. The van der Waals surface area contributed by atoms with E-state index in [0.29, 0.717) is 11.3 Å². The Morgan fingerprint density at radius 2 is 2.32 bits per heavy atom. The van der Waals surface area contributed by atoms with Crippen LogP contribution < -0.4 is 0 Å². The zero-order chi connectivity index (χ0) is 13.8. The van der Waals surface area contributed by atoms with Crippen LogP contribution in [0.25, 0.3) is 11.3 Å². The fourth-order valence-electron chi connectivity index (χ4n) is 1.47. The predicted molar refractivity (Wildman–Crippen MR) is 70.2 cm³/mol. The standard InChI is InChI=1S/C12H10N2O4S/c1-2-18-12(15)11-13-10(7-19-11)8-4-3-5-9(6-8)14(16)17/h3-7H,2H2,1H3. The maximum absolute atomic E-state index is 11.5. The molecule has 0 fully saturated rings. The molecule has 0 aliphatic heterocycles. The van der Waals surface area contributed by atoms with Crippen LogP contribution in [0.2, 0.25) is 0 Å². The van der Waals surface area contributed by atoms with Crippen LogP contribution >= 0.6 is 11.3 Å². The molecule has 0 unspecified atom stereocenters. The van der Waals surface area contributed by atoms with Gasteiger partial charge in [0.2, 0.25) is 5.01 Å². The van der Waals surface area contributed by atoms with Crippen LogP contribution in [0.5, 0.6) is 0 Å². The monoisotopic (exact) mass is 278 g/mol. The third-order valence-electron chi connectivity index (χ3n) is 2.31. The van der Waals surface area contributed by atoms with E-state index in [-0.39, 0.29) is 17.3 Å². The highest BCUT2D eigenvalue weighted by atomic mass is 32.1. The summed E-state index contributed by atoms with van der Waals surface area (Å²) in [5.74, 6) is -0.482. The zero-order valence-corrected chi connectivity index (χ0v) is 10.8. The van der Waals surface area contributed by atoms with Gasteiger partial charge in [0.1, 0.15) is 0 Å². The average molecular weight is 278 g/mol. The van der Waals surface area contributed by atoms with Crippen molar-refractivity contribution in [2.45, 2.75) is 6.92 Å². The van der Waals surface area contributed by atoms with Crippen LogP contribution in [-0.4, -0.2) is 22.5 Å². The van der Waals surface area contributed by atoms with E-state index in [1.807, 2.05) is 0 Å². The van der Waals surface area contributed by atoms with Gasteiger partial charge in [-0.15, -0.1) is 11.3 Å². The third kappa shape index (κ3) is 2.94. The number of nitro benzene ring substituents is 1. The number of benzene rings is 1. The van der Waals surface area contributed by atoms with E-state index >= 15 is 0 Å². The second-order valence-electron chi connectivity index (χ2n) is 3.57. The first-order valence-corrected chi connectivity index (χ1v) is 6.37. The van der Waals surface area contributed by atoms with Gasteiger partial charge < -0.3 is 4.74 Å². The fraction of sp³-hybridized carbons (Fsp3) is 0.167. The molecule has 0 aliphatic rings. The molecule has 98 valence electrons. The van der Waals surface area contributed by atoms with Crippen molar-refractivity contribution < 1.29 is 14.5 Å². The summed E-state index contributed by atoms with van der Waals surface area (Å²) in [6.45, 7) is 2.00. The Bertz CT molecular complexity index is 624. The van der Waals surface area contributed by atoms with Gasteiger partial charge in [-0.2, -0.15) is 0 Å². The molecular weight excluding hydrogens is 268 g/mol. The largest absolute Gasteiger partial charge is 0.461 e. The highest BCUT2D eigenvalue weighted by molar-refractivity contribution is 7.11. The highest BCUT2D eigenvalue weighted by Crippen LogP contribution is 2.25. The number of esters is 1. The second-order valence-corrected chi connectivity index (χ2v) is 4.42. The molecule has 1 heterocycles. The van der Waals surface area contributed by atoms with Crippen molar-refractivity contribution >= 4 is 23.0 Å². The molecule has 6 nitrogen and oxygen atoms in total. The molecule has 2 aromatic rings. The number of carbonyl (C=O) groups excluding carboxylic acids is 1. The molecule has 0 atom stereocenters. The Morgan fingerprint density at radius 3 is 3.00 bits per heavy atom. The van der Waals surface area contributed by atoms with Crippen molar-refractivity contribution in [3.63, 3.8) is 0 Å². The van der Waals surface area contributed by atoms with Crippen LogP contribution in [0.1, 0.15) is 16.7 Å². The van der Waals surface area contributed by atoms with E-state index < -0.39 is 10.9 Å². The van der Waals surface area contributed by atoms with Gasteiger partial charge in [0.25, 0.3) is 5.69 Å². The summed E-state index contributed by atoms with van der Waals surface area (Å²) < 4.78 is 4.84. The maximum atomic E-state index is 11.5. The molecule has 0 saturated carbocycles. The summed E-state index contributed by atoms with van der Waals surface area (Å²) in [6, 6.07) is 6.11. The molecule has 0 aliphatic carbocycles. The van der Waals surface area contributed by atoms with Crippen LogP contribution in [0, 0.1) is 10.1 Å². The van der Waals surface area contributed by atoms with Gasteiger partial charge in [0, 0.05) is 23.1 Å². The van der Waals surface area contributed by atoms with E-state index in [4.69, 9.17) is 4.74 Å². The Hall–Kier alpha value is -2.28. The molecule has 0 amide bonds. The van der Waals surface area contributed by atoms with Crippen LogP contribution in [0.15, 0.2) is 29.6 Å². The minimum Gasteiger partial charge on any atom is -0.461 e. The first-order valence-electron chi connectivity index (χ1n) is 5.49. The van der Waals surface area contributed by atoms with E-state index in [1.54, 1.807) is 24.4 Å².